The number of fused-ring (bicyclic) bond motifs is 1. The molecular weight excluding hydrogens is 394 g/mol. The molecule has 0 fully saturated rings. The van der Waals surface area contributed by atoms with Crippen LogP contribution in [-0.4, -0.2) is 13.4 Å². The zero-order valence-electron chi connectivity index (χ0n) is 15.0. The smallest absolute Gasteiger partial charge is 0.219 e. The van der Waals surface area contributed by atoms with E-state index in [1.165, 1.54) is 6.07 Å². The second kappa shape index (κ2) is 7.26. The van der Waals surface area contributed by atoms with Crippen molar-refractivity contribution in [3.8, 4) is 11.6 Å². The predicted molar refractivity (Wildman–Crippen MR) is 110 cm³/mol. The van der Waals surface area contributed by atoms with E-state index in [9.17, 15) is 8.42 Å². The van der Waals surface area contributed by atoms with Gasteiger partial charge in [-0.05, 0) is 25.1 Å². The molecule has 0 saturated carbocycles. The molecule has 6 heteroatoms. The Morgan fingerprint density at radius 1 is 0.893 bits per heavy atom. The number of aromatic nitrogens is 1. The zero-order chi connectivity index (χ0) is 19.7. The summed E-state index contributed by atoms with van der Waals surface area (Å²) in [5.74, 6) is 0.572. The highest BCUT2D eigenvalue weighted by Crippen LogP contribution is 2.40. The third-order valence-corrected chi connectivity index (χ3v) is 6.58. The van der Waals surface area contributed by atoms with Gasteiger partial charge in [0.05, 0.1) is 14.8 Å². The summed E-state index contributed by atoms with van der Waals surface area (Å²) in [6.45, 7) is 1.91. The van der Waals surface area contributed by atoms with Crippen molar-refractivity contribution in [2.45, 2.75) is 16.7 Å². The molecule has 28 heavy (non-hydrogen) atoms. The van der Waals surface area contributed by atoms with Crippen molar-refractivity contribution in [1.82, 2.24) is 4.98 Å². The molecule has 0 aliphatic rings. The van der Waals surface area contributed by atoms with Gasteiger partial charge in [0.2, 0.25) is 15.7 Å². The second-order valence-electron chi connectivity index (χ2n) is 6.32. The van der Waals surface area contributed by atoms with E-state index < -0.39 is 9.84 Å². The largest absolute Gasteiger partial charge is 0.437 e. The first-order chi connectivity index (χ1) is 13.5. The molecule has 0 bridgehead atoms. The quantitative estimate of drug-likeness (QED) is 0.426. The fourth-order valence-electron chi connectivity index (χ4n) is 2.94. The molecule has 0 aliphatic carbocycles. The first-order valence-electron chi connectivity index (χ1n) is 8.59. The van der Waals surface area contributed by atoms with Crippen LogP contribution in [0.2, 0.25) is 5.02 Å². The molecule has 3 aromatic carbocycles. The molecule has 0 aliphatic heterocycles. The molecule has 0 atom stereocenters. The van der Waals surface area contributed by atoms with E-state index in [0.29, 0.717) is 21.7 Å². The predicted octanol–water partition coefficient (Wildman–Crippen LogP) is 5.82. The van der Waals surface area contributed by atoms with Gasteiger partial charge in [-0.15, -0.1) is 0 Å². The number of pyridine rings is 1. The molecule has 0 amide bonds. The van der Waals surface area contributed by atoms with Gasteiger partial charge in [-0.1, -0.05) is 59.6 Å². The molecule has 0 radical (unpaired) electrons. The van der Waals surface area contributed by atoms with Gasteiger partial charge in [0.15, 0.2) is 0 Å². The van der Waals surface area contributed by atoms with E-state index in [0.717, 1.165) is 5.56 Å². The van der Waals surface area contributed by atoms with Crippen molar-refractivity contribution in [3.63, 3.8) is 0 Å². The Hall–Kier alpha value is -2.89. The van der Waals surface area contributed by atoms with Crippen molar-refractivity contribution < 1.29 is 13.2 Å². The van der Waals surface area contributed by atoms with Crippen LogP contribution in [0.5, 0.6) is 11.6 Å². The van der Waals surface area contributed by atoms with Crippen LogP contribution in [0.15, 0.2) is 88.8 Å². The SMILES string of the molecule is Cc1ccc(S(=O)(=O)c2cc(Oc3ccccn3)c(Cl)c3ccccc23)cc1. The summed E-state index contributed by atoms with van der Waals surface area (Å²) in [6.07, 6.45) is 1.59. The fourth-order valence-corrected chi connectivity index (χ4v) is 4.68. The van der Waals surface area contributed by atoms with Crippen LogP contribution in [0.25, 0.3) is 10.8 Å². The van der Waals surface area contributed by atoms with Gasteiger partial charge in [0.25, 0.3) is 0 Å². The Bertz CT molecular complexity index is 1250. The molecular formula is C22H16ClNO3S. The third kappa shape index (κ3) is 3.35. The summed E-state index contributed by atoms with van der Waals surface area (Å²) in [6, 6.07) is 20.6. The van der Waals surface area contributed by atoms with E-state index in [4.69, 9.17) is 16.3 Å². The number of halogens is 1. The normalized spacial score (nSPS) is 11.5. The molecule has 0 N–H and O–H groups in total. The van der Waals surface area contributed by atoms with Crippen LogP contribution < -0.4 is 4.74 Å². The van der Waals surface area contributed by atoms with Crippen molar-refractivity contribution >= 4 is 32.2 Å². The van der Waals surface area contributed by atoms with Crippen LogP contribution in [0, 0.1) is 6.92 Å². The number of hydrogen-bond acceptors (Lipinski definition) is 4. The van der Waals surface area contributed by atoms with Crippen molar-refractivity contribution in [2.75, 3.05) is 0 Å². The number of benzene rings is 3. The molecule has 1 aromatic heterocycles. The summed E-state index contributed by atoms with van der Waals surface area (Å²) < 4.78 is 32.5. The second-order valence-corrected chi connectivity index (χ2v) is 8.62. The maximum absolute atomic E-state index is 13.4. The van der Waals surface area contributed by atoms with Crippen molar-refractivity contribution in [2.24, 2.45) is 0 Å². The van der Waals surface area contributed by atoms with E-state index in [1.54, 1.807) is 72.9 Å². The Kier molecular flexibility index (Phi) is 4.79. The zero-order valence-corrected chi connectivity index (χ0v) is 16.5. The highest BCUT2D eigenvalue weighted by atomic mass is 35.5. The van der Waals surface area contributed by atoms with Crippen LogP contribution in [0.1, 0.15) is 5.56 Å². The van der Waals surface area contributed by atoms with Crippen molar-refractivity contribution in [3.05, 3.63) is 89.6 Å². The summed E-state index contributed by atoms with van der Waals surface area (Å²) in [4.78, 5) is 4.48. The number of ether oxygens (including phenoxy) is 1. The summed E-state index contributed by atoms with van der Waals surface area (Å²) in [5, 5.41) is 1.48. The first kappa shape index (κ1) is 18.5. The van der Waals surface area contributed by atoms with Crippen LogP contribution >= 0.6 is 11.6 Å². The highest BCUT2D eigenvalue weighted by molar-refractivity contribution is 7.91. The number of aryl methyl sites for hydroxylation is 1. The minimum Gasteiger partial charge on any atom is -0.437 e. The van der Waals surface area contributed by atoms with Gasteiger partial charge in [-0.3, -0.25) is 0 Å². The lowest BCUT2D eigenvalue weighted by Crippen LogP contribution is -2.04. The Balaban J connectivity index is 1.95. The van der Waals surface area contributed by atoms with Crippen LogP contribution in [-0.2, 0) is 9.84 Å². The number of sulfone groups is 1. The van der Waals surface area contributed by atoms with Gasteiger partial charge >= 0.3 is 0 Å². The van der Waals surface area contributed by atoms with Gasteiger partial charge < -0.3 is 4.74 Å². The van der Waals surface area contributed by atoms with E-state index in [-0.39, 0.29) is 15.5 Å². The average molecular weight is 410 g/mol. The molecule has 4 nitrogen and oxygen atoms in total. The van der Waals surface area contributed by atoms with E-state index in [2.05, 4.69) is 4.98 Å². The molecule has 140 valence electrons. The van der Waals surface area contributed by atoms with Crippen LogP contribution in [0.3, 0.4) is 0 Å². The molecule has 0 unspecified atom stereocenters. The maximum Gasteiger partial charge on any atom is 0.219 e. The monoisotopic (exact) mass is 409 g/mol. The fraction of sp³-hybridized carbons (Fsp3) is 0.0455. The third-order valence-electron chi connectivity index (χ3n) is 4.38. The minimum atomic E-state index is -3.77. The summed E-state index contributed by atoms with van der Waals surface area (Å²) >= 11 is 6.53. The Morgan fingerprint density at radius 3 is 2.25 bits per heavy atom. The van der Waals surface area contributed by atoms with Crippen LogP contribution in [0.4, 0.5) is 0 Å². The number of nitrogens with zero attached hydrogens (tertiary/aromatic N) is 1. The number of hydrogen-bond donors (Lipinski definition) is 0. The topological polar surface area (TPSA) is 56.3 Å². The van der Waals surface area contributed by atoms with Gasteiger partial charge in [0.1, 0.15) is 5.75 Å². The van der Waals surface area contributed by atoms with Gasteiger partial charge in [-0.2, -0.15) is 0 Å². The Labute approximate surface area is 168 Å². The van der Waals surface area contributed by atoms with E-state index >= 15 is 0 Å². The maximum atomic E-state index is 13.4. The van der Waals surface area contributed by atoms with Crippen molar-refractivity contribution in [1.29, 1.82) is 0 Å². The lowest BCUT2D eigenvalue weighted by atomic mass is 10.1. The summed E-state index contributed by atoms with van der Waals surface area (Å²) in [7, 11) is -3.77. The lowest BCUT2D eigenvalue weighted by molar-refractivity contribution is 0.462. The Morgan fingerprint density at radius 2 is 1.57 bits per heavy atom. The van der Waals surface area contributed by atoms with Gasteiger partial charge in [-0.25, -0.2) is 13.4 Å². The molecule has 1 heterocycles. The molecule has 0 spiro atoms. The number of rotatable bonds is 4. The molecule has 0 saturated heterocycles. The molecule has 4 aromatic rings. The average Bonchev–Trinajstić information content (AvgIpc) is 2.71. The van der Waals surface area contributed by atoms with Gasteiger partial charge in [0, 0.05) is 29.1 Å². The van der Waals surface area contributed by atoms with E-state index in [1.807, 2.05) is 6.92 Å². The summed E-state index contributed by atoms with van der Waals surface area (Å²) in [5.41, 5.74) is 0.985. The lowest BCUT2D eigenvalue weighted by Gasteiger charge is -2.14. The minimum absolute atomic E-state index is 0.141. The standard InChI is InChI=1S/C22H16ClNO3S/c1-15-9-11-16(12-10-15)28(25,26)20-14-19(27-21-8-4-5-13-24-21)22(23)18-7-3-2-6-17(18)20/h2-14H,1H3. The first-order valence-corrected chi connectivity index (χ1v) is 10.4. The molecule has 4 rings (SSSR count). The highest BCUT2D eigenvalue weighted by Gasteiger charge is 2.24.